The Balaban J connectivity index is 1.40. The zero-order valence-corrected chi connectivity index (χ0v) is 16.4. The molecule has 3 heterocycles. The monoisotopic (exact) mass is 381 g/mol. The van der Waals surface area contributed by atoms with Gasteiger partial charge < -0.3 is 14.7 Å². The topological polar surface area (TPSA) is 55.5 Å². The third-order valence-corrected chi connectivity index (χ3v) is 5.75. The molecule has 0 saturated carbocycles. The number of nitrogens with zero attached hydrogens (tertiary/aromatic N) is 4. The molecule has 1 saturated heterocycles. The lowest BCUT2D eigenvalue weighted by Gasteiger charge is -2.35. The number of anilines is 2. The molecule has 1 N–H and O–H groups in total. The highest BCUT2D eigenvalue weighted by molar-refractivity contribution is 7.13. The summed E-state index contributed by atoms with van der Waals surface area (Å²) < 4.78 is 0. The molecule has 1 fully saturated rings. The van der Waals surface area contributed by atoms with Crippen molar-refractivity contribution < 1.29 is 4.79 Å². The molecular weight excluding hydrogens is 358 g/mol. The summed E-state index contributed by atoms with van der Waals surface area (Å²) in [6.45, 7) is 2.97. The number of aromatic amines is 1. The van der Waals surface area contributed by atoms with Crippen LogP contribution in [0.5, 0.6) is 0 Å². The summed E-state index contributed by atoms with van der Waals surface area (Å²) in [6.07, 6.45) is 0. The predicted octanol–water partition coefficient (Wildman–Crippen LogP) is 3.17. The number of carbonyl (C=O) groups excluding carboxylic acids is 1. The predicted molar refractivity (Wildman–Crippen MR) is 111 cm³/mol. The van der Waals surface area contributed by atoms with Gasteiger partial charge in [-0.25, -0.2) is 0 Å². The number of carbonyl (C=O) groups is 1. The minimum Gasteiger partial charge on any atom is -0.378 e. The minimum atomic E-state index is 0.0969. The molecule has 0 atom stereocenters. The Morgan fingerprint density at radius 2 is 1.93 bits per heavy atom. The summed E-state index contributed by atoms with van der Waals surface area (Å²) in [4.78, 5) is 20.2. The van der Waals surface area contributed by atoms with E-state index in [9.17, 15) is 4.79 Å². The van der Waals surface area contributed by atoms with Gasteiger partial charge in [0.15, 0.2) is 5.82 Å². The number of amides is 1. The molecule has 27 heavy (non-hydrogen) atoms. The fraction of sp³-hybridized carbons (Fsp3) is 0.300. The molecular formula is C20H23N5OS. The van der Waals surface area contributed by atoms with Crippen LogP contribution in [0.4, 0.5) is 11.5 Å². The largest absolute Gasteiger partial charge is 0.378 e. The van der Waals surface area contributed by atoms with Crippen molar-refractivity contribution in [3.8, 4) is 10.6 Å². The van der Waals surface area contributed by atoms with Crippen molar-refractivity contribution in [2.75, 3.05) is 50.1 Å². The fourth-order valence-electron chi connectivity index (χ4n) is 3.27. The highest BCUT2D eigenvalue weighted by Gasteiger charge is 2.24. The molecule has 0 aliphatic carbocycles. The van der Waals surface area contributed by atoms with E-state index in [2.05, 4.69) is 32.6 Å². The first kappa shape index (κ1) is 17.6. The van der Waals surface area contributed by atoms with Crippen LogP contribution in [0.25, 0.3) is 10.6 Å². The molecule has 1 aliphatic heterocycles. The summed E-state index contributed by atoms with van der Waals surface area (Å²) in [5.41, 5.74) is 2.82. The van der Waals surface area contributed by atoms with Gasteiger partial charge in [-0.2, -0.15) is 5.10 Å². The van der Waals surface area contributed by atoms with Crippen molar-refractivity contribution in [1.29, 1.82) is 0 Å². The van der Waals surface area contributed by atoms with E-state index in [1.54, 1.807) is 11.3 Å². The third-order valence-electron chi connectivity index (χ3n) is 4.85. The Morgan fingerprint density at radius 1 is 1.11 bits per heavy atom. The molecule has 2 aromatic heterocycles. The molecule has 4 rings (SSSR count). The van der Waals surface area contributed by atoms with E-state index in [4.69, 9.17) is 0 Å². The number of rotatable bonds is 4. The molecule has 0 radical (unpaired) electrons. The van der Waals surface area contributed by atoms with Crippen LogP contribution >= 0.6 is 11.3 Å². The first-order valence-electron chi connectivity index (χ1n) is 9.03. The third kappa shape index (κ3) is 3.68. The van der Waals surface area contributed by atoms with Crippen LogP contribution < -0.4 is 9.80 Å². The van der Waals surface area contributed by atoms with Gasteiger partial charge in [-0.15, -0.1) is 11.3 Å². The van der Waals surface area contributed by atoms with E-state index in [0.29, 0.717) is 13.1 Å². The van der Waals surface area contributed by atoms with E-state index >= 15 is 0 Å². The van der Waals surface area contributed by atoms with Gasteiger partial charge in [0.2, 0.25) is 0 Å². The molecule has 1 aliphatic rings. The molecule has 0 spiro atoms. The van der Waals surface area contributed by atoms with Crippen LogP contribution in [0.2, 0.25) is 0 Å². The number of nitrogens with one attached hydrogen (secondary N) is 1. The van der Waals surface area contributed by atoms with E-state index < -0.39 is 0 Å². The lowest BCUT2D eigenvalue weighted by molar-refractivity contribution is 0.0746. The van der Waals surface area contributed by atoms with Crippen molar-refractivity contribution in [3.63, 3.8) is 0 Å². The molecule has 7 heteroatoms. The Bertz CT molecular complexity index is 910. The number of aromatic nitrogens is 2. The lowest BCUT2D eigenvalue weighted by atomic mass is 10.1. The second kappa shape index (κ2) is 7.44. The second-order valence-electron chi connectivity index (χ2n) is 6.84. The zero-order valence-electron chi connectivity index (χ0n) is 15.6. The van der Waals surface area contributed by atoms with Gasteiger partial charge in [0.25, 0.3) is 5.91 Å². The van der Waals surface area contributed by atoms with Gasteiger partial charge >= 0.3 is 0 Å². The maximum atomic E-state index is 12.8. The molecule has 3 aromatic rings. The lowest BCUT2D eigenvalue weighted by Crippen LogP contribution is -2.49. The highest BCUT2D eigenvalue weighted by Crippen LogP contribution is 2.26. The molecule has 6 nitrogen and oxygen atoms in total. The van der Waals surface area contributed by atoms with Gasteiger partial charge in [0, 0.05) is 57.6 Å². The summed E-state index contributed by atoms with van der Waals surface area (Å²) in [7, 11) is 3.97. The molecule has 0 bridgehead atoms. The molecule has 1 amide bonds. The standard InChI is InChI=1S/C20H23N5OS/c1-23(2)16-6-3-5-15(13-16)20(26)25-10-8-24(9-11-25)19-14-17(21-22-19)18-7-4-12-27-18/h3-7,12-14H,8-11H2,1-2H3,(H,21,22). The van der Waals surface area contributed by atoms with Crippen LogP contribution in [-0.2, 0) is 0 Å². The average Bonchev–Trinajstić information content (AvgIpc) is 3.39. The van der Waals surface area contributed by atoms with Gasteiger partial charge in [-0.1, -0.05) is 12.1 Å². The summed E-state index contributed by atoms with van der Waals surface area (Å²) in [5, 5.41) is 9.63. The number of hydrogen-bond acceptors (Lipinski definition) is 5. The number of H-pyrrole nitrogens is 1. The second-order valence-corrected chi connectivity index (χ2v) is 7.79. The Morgan fingerprint density at radius 3 is 2.63 bits per heavy atom. The van der Waals surface area contributed by atoms with Crippen molar-refractivity contribution >= 4 is 28.7 Å². The number of benzene rings is 1. The maximum Gasteiger partial charge on any atom is 0.254 e. The van der Waals surface area contributed by atoms with E-state index in [1.807, 2.05) is 54.2 Å². The van der Waals surface area contributed by atoms with Crippen molar-refractivity contribution in [3.05, 3.63) is 53.4 Å². The Labute approximate surface area is 163 Å². The van der Waals surface area contributed by atoms with Crippen molar-refractivity contribution in [1.82, 2.24) is 15.1 Å². The maximum absolute atomic E-state index is 12.8. The first-order chi connectivity index (χ1) is 13.1. The van der Waals surface area contributed by atoms with Crippen molar-refractivity contribution in [2.45, 2.75) is 0 Å². The summed E-state index contributed by atoms with van der Waals surface area (Å²) in [5.74, 6) is 1.04. The van der Waals surface area contributed by atoms with E-state index in [-0.39, 0.29) is 5.91 Å². The minimum absolute atomic E-state index is 0.0969. The quantitative estimate of drug-likeness (QED) is 0.754. The van der Waals surface area contributed by atoms with Crippen LogP contribution in [0.3, 0.4) is 0 Å². The van der Waals surface area contributed by atoms with Gasteiger partial charge in [-0.3, -0.25) is 9.89 Å². The van der Waals surface area contributed by atoms with Crippen LogP contribution in [0, 0.1) is 0 Å². The van der Waals surface area contributed by atoms with Crippen LogP contribution in [0.1, 0.15) is 10.4 Å². The van der Waals surface area contributed by atoms with Gasteiger partial charge in [-0.05, 0) is 29.6 Å². The zero-order chi connectivity index (χ0) is 18.8. The van der Waals surface area contributed by atoms with Crippen LogP contribution in [0.15, 0.2) is 47.8 Å². The van der Waals surface area contributed by atoms with Crippen LogP contribution in [-0.4, -0.2) is 61.3 Å². The smallest absolute Gasteiger partial charge is 0.254 e. The van der Waals surface area contributed by atoms with E-state index in [1.165, 1.54) is 4.88 Å². The normalized spacial score (nSPS) is 14.4. The number of hydrogen-bond donors (Lipinski definition) is 1. The average molecular weight is 382 g/mol. The van der Waals surface area contributed by atoms with E-state index in [0.717, 1.165) is 35.9 Å². The van der Waals surface area contributed by atoms with Gasteiger partial charge in [0.05, 0.1) is 10.6 Å². The van der Waals surface area contributed by atoms with Gasteiger partial charge in [0.1, 0.15) is 0 Å². The number of thiophene rings is 1. The highest BCUT2D eigenvalue weighted by atomic mass is 32.1. The number of piperazine rings is 1. The fourth-order valence-corrected chi connectivity index (χ4v) is 3.96. The SMILES string of the molecule is CN(C)c1cccc(C(=O)N2CCN(c3cc(-c4cccs4)[nH]n3)CC2)c1. The Kier molecular flexibility index (Phi) is 4.85. The first-order valence-corrected chi connectivity index (χ1v) is 9.91. The summed E-state index contributed by atoms with van der Waals surface area (Å²) >= 11 is 1.69. The molecule has 0 unspecified atom stereocenters. The molecule has 1 aromatic carbocycles. The van der Waals surface area contributed by atoms with Crippen molar-refractivity contribution in [2.24, 2.45) is 0 Å². The molecule has 140 valence electrons. The Hall–Kier alpha value is -2.80. The summed E-state index contributed by atoms with van der Waals surface area (Å²) in [6, 6.07) is 14.0.